The number of benzene rings is 1. The minimum absolute atomic E-state index is 0.256. The lowest BCUT2D eigenvalue weighted by Gasteiger charge is -2.26. The van der Waals surface area contributed by atoms with Crippen LogP contribution in [0.15, 0.2) is 18.2 Å². The topological polar surface area (TPSA) is 35.5 Å². The monoisotopic (exact) mass is 264 g/mol. The molecule has 0 fully saturated rings. The number of hydrogen-bond acceptors (Lipinski definition) is 3. The van der Waals surface area contributed by atoms with Crippen LogP contribution in [-0.2, 0) is 6.54 Å². The standard InChI is InChI=1S/C16H28N2O/c1-4-9-17-13-15-12-14(3)7-8-16(15)18(5-2)10-6-11-19/h7-8,12,17,19H,4-6,9-11,13H2,1-3H3. The Labute approximate surface area is 117 Å². The summed E-state index contributed by atoms with van der Waals surface area (Å²) in [5.41, 5.74) is 3.95. The van der Waals surface area contributed by atoms with E-state index in [1.807, 2.05) is 0 Å². The lowest BCUT2D eigenvalue weighted by atomic mass is 10.1. The van der Waals surface area contributed by atoms with Gasteiger partial charge in [0, 0.05) is 31.9 Å². The van der Waals surface area contributed by atoms with Crippen LogP contribution in [0.1, 0.15) is 37.8 Å². The third kappa shape index (κ3) is 5.21. The SMILES string of the molecule is CCCNCc1cc(C)ccc1N(CC)CCCO. The van der Waals surface area contributed by atoms with Gasteiger partial charge in [0.1, 0.15) is 0 Å². The van der Waals surface area contributed by atoms with Crippen molar-refractivity contribution in [3.63, 3.8) is 0 Å². The first-order chi connectivity index (χ1) is 9.22. The van der Waals surface area contributed by atoms with Gasteiger partial charge < -0.3 is 15.3 Å². The second-order valence-corrected chi connectivity index (χ2v) is 4.97. The predicted molar refractivity (Wildman–Crippen MR) is 82.8 cm³/mol. The second-order valence-electron chi connectivity index (χ2n) is 4.97. The number of hydrogen-bond donors (Lipinski definition) is 2. The number of nitrogens with zero attached hydrogens (tertiary/aromatic N) is 1. The van der Waals surface area contributed by atoms with Gasteiger partial charge in [0.25, 0.3) is 0 Å². The molecule has 0 aliphatic heterocycles. The summed E-state index contributed by atoms with van der Waals surface area (Å²) in [6, 6.07) is 6.64. The summed E-state index contributed by atoms with van der Waals surface area (Å²) in [6.45, 7) is 10.6. The van der Waals surface area contributed by atoms with Gasteiger partial charge in [-0.25, -0.2) is 0 Å². The molecule has 108 valence electrons. The Morgan fingerprint density at radius 3 is 2.68 bits per heavy atom. The Morgan fingerprint density at radius 2 is 2.05 bits per heavy atom. The fourth-order valence-corrected chi connectivity index (χ4v) is 2.27. The summed E-state index contributed by atoms with van der Waals surface area (Å²) in [5.74, 6) is 0. The van der Waals surface area contributed by atoms with Crippen LogP contribution in [0.25, 0.3) is 0 Å². The fraction of sp³-hybridized carbons (Fsp3) is 0.625. The van der Waals surface area contributed by atoms with E-state index in [4.69, 9.17) is 5.11 Å². The molecule has 0 spiro atoms. The molecule has 0 saturated heterocycles. The average Bonchev–Trinajstić information content (AvgIpc) is 2.41. The number of aryl methyl sites for hydroxylation is 1. The largest absolute Gasteiger partial charge is 0.396 e. The maximum absolute atomic E-state index is 9.01. The molecule has 3 nitrogen and oxygen atoms in total. The minimum atomic E-state index is 0.256. The van der Waals surface area contributed by atoms with Gasteiger partial charge in [-0.15, -0.1) is 0 Å². The predicted octanol–water partition coefficient (Wildman–Crippen LogP) is 2.70. The Morgan fingerprint density at radius 1 is 1.26 bits per heavy atom. The van der Waals surface area contributed by atoms with E-state index < -0.39 is 0 Å². The maximum Gasteiger partial charge on any atom is 0.0447 e. The molecule has 0 atom stereocenters. The van der Waals surface area contributed by atoms with E-state index in [9.17, 15) is 0 Å². The van der Waals surface area contributed by atoms with Crippen LogP contribution in [0.2, 0.25) is 0 Å². The van der Waals surface area contributed by atoms with Gasteiger partial charge in [0.05, 0.1) is 0 Å². The Balaban J connectivity index is 2.83. The van der Waals surface area contributed by atoms with Gasteiger partial charge >= 0.3 is 0 Å². The zero-order valence-electron chi connectivity index (χ0n) is 12.6. The number of rotatable bonds is 9. The molecule has 0 amide bonds. The minimum Gasteiger partial charge on any atom is -0.396 e. The Hall–Kier alpha value is -1.06. The summed E-state index contributed by atoms with van der Waals surface area (Å²) in [5, 5.41) is 12.5. The van der Waals surface area contributed by atoms with Crippen LogP contribution in [0.3, 0.4) is 0 Å². The molecule has 0 heterocycles. The molecule has 0 saturated carbocycles. The highest BCUT2D eigenvalue weighted by Gasteiger charge is 2.09. The summed E-state index contributed by atoms with van der Waals surface area (Å²) < 4.78 is 0. The van der Waals surface area contributed by atoms with Crippen molar-refractivity contribution in [1.82, 2.24) is 5.32 Å². The van der Waals surface area contributed by atoms with E-state index in [0.29, 0.717) is 0 Å². The smallest absolute Gasteiger partial charge is 0.0447 e. The van der Waals surface area contributed by atoms with Crippen LogP contribution in [-0.4, -0.2) is 31.3 Å². The van der Waals surface area contributed by atoms with Crippen LogP contribution in [0.4, 0.5) is 5.69 Å². The second kappa shape index (κ2) is 8.94. The molecular weight excluding hydrogens is 236 g/mol. The van der Waals surface area contributed by atoms with Crippen molar-refractivity contribution in [2.24, 2.45) is 0 Å². The summed E-state index contributed by atoms with van der Waals surface area (Å²) in [4.78, 5) is 2.35. The first-order valence-electron chi connectivity index (χ1n) is 7.39. The third-order valence-corrected chi connectivity index (χ3v) is 3.29. The maximum atomic E-state index is 9.01. The fourth-order valence-electron chi connectivity index (χ4n) is 2.27. The van der Waals surface area contributed by atoms with Crippen LogP contribution in [0.5, 0.6) is 0 Å². The van der Waals surface area contributed by atoms with Gasteiger partial charge in [-0.3, -0.25) is 0 Å². The van der Waals surface area contributed by atoms with Crippen molar-refractivity contribution in [3.8, 4) is 0 Å². The van der Waals surface area contributed by atoms with Gasteiger partial charge in [0.2, 0.25) is 0 Å². The van der Waals surface area contributed by atoms with Crippen molar-refractivity contribution in [2.75, 3.05) is 31.1 Å². The summed E-state index contributed by atoms with van der Waals surface area (Å²) in [7, 11) is 0. The quantitative estimate of drug-likeness (QED) is 0.673. The van der Waals surface area contributed by atoms with Crippen LogP contribution in [0, 0.1) is 6.92 Å². The molecule has 1 aromatic carbocycles. The van der Waals surface area contributed by atoms with E-state index in [2.05, 4.69) is 49.2 Å². The number of aliphatic hydroxyl groups is 1. The molecule has 3 heteroatoms. The molecule has 19 heavy (non-hydrogen) atoms. The van der Waals surface area contributed by atoms with Gasteiger partial charge in [-0.1, -0.05) is 24.6 Å². The zero-order valence-corrected chi connectivity index (χ0v) is 12.6. The van der Waals surface area contributed by atoms with Gasteiger partial charge in [0.15, 0.2) is 0 Å². The van der Waals surface area contributed by atoms with Crippen molar-refractivity contribution in [3.05, 3.63) is 29.3 Å². The molecule has 0 unspecified atom stereocenters. The average molecular weight is 264 g/mol. The molecule has 0 bridgehead atoms. The van der Waals surface area contributed by atoms with Crippen LogP contribution < -0.4 is 10.2 Å². The lowest BCUT2D eigenvalue weighted by molar-refractivity contribution is 0.289. The van der Waals surface area contributed by atoms with E-state index in [1.165, 1.54) is 16.8 Å². The molecule has 1 aromatic rings. The first kappa shape index (κ1) is 16.0. The van der Waals surface area contributed by atoms with Crippen LogP contribution >= 0.6 is 0 Å². The van der Waals surface area contributed by atoms with E-state index in [0.717, 1.165) is 39.0 Å². The highest BCUT2D eigenvalue weighted by molar-refractivity contribution is 5.55. The number of nitrogens with one attached hydrogen (secondary N) is 1. The summed E-state index contributed by atoms with van der Waals surface area (Å²) >= 11 is 0. The summed E-state index contributed by atoms with van der Waals surface area (Å²) in [6.07, 6.45) is 1.98. The van der Waals surface area contributed by atoms with Gasteiger partial charge in [-0.2, -0.15) is 0 Å². The molecule has 0 radical (unpaired) electrons. The van der Waals surface area contributed by atoms with Crippen molar-refractivity contribution < 1.29 is 5.11 Å². The van der Waals surface area contributed by atoms with Crippen molar-refractivity contribution in [2.45, 2.75) is 40.2 Å². The molecule has 0 aliphatic carbocycles. The Bertz CT molecular complexity index is 366. The molecule has 0 aromatic heterocycles. The van der Waals surface area contributed by atoms with E-state index >= 15 is 0 Å². The van der Waals surface area contributed by atoms with E-state index in [1.54, 1.807) is 0 Å². The number of aliphatic hydroxyl groups excluding tert-OH is 1. The first-order valence-corrected chi connectivity index (χ1v) is 7.39. The Kier molecular flexibility index (Phi) is 7.53. The molecule has 2 N–H and O–H groups in total. The van der Waals surface area contributed by atoms with Crippen molar-refractivity contribution >= 4 is 5.69 Å². The van der Waals surface area contributed by atoms with E-state index in [-0.39, 0.29) is 6.61 Å². The number of anilines is 1. The highest BCUT2D eigenvalue weighted by atomic mass is 16.3. The third-order valence-electron chi connectivity index (χ3n) is 3.29. The lowest BCUT2D eigenvalue weighted by Crippen LogP contribution is -2.27. The van der Waals surface area contributed by atoms with Gasteiger partial charge in [-0.05, 0) is 44.9 Å². The highest BCUT2D eigenvalue weighted by Crippen LogP contribution is 2.22. The normalized spacial score (nSPS) is 10.7. The molecular formula is C16H28N2O. The zero-order chi connectivity index (χ0) is 14.1. The molecule has 0 aliphatic rings. The molecule has 1 rings (SSSR count). The van der Waals surface area contributed by atoms with Crippen molar-refractivity contribution in [1.29, 1.82) is 0 Å².